The quantitative estimate of drug-likeness (QED) is 0.428. The van der Waals surface area contributed by atoms with Crippen LogP contribution in [0, 0.1) is 46.8 Å². The van der Waals surface area contributed by atoms with Crippen LogP contribution in [0.25, 0.3) is 0 Å². The summed E-state index contributed by atoms with van der Waals surface area (Å²) < 4.78 is 5.48. The normalized spacial score (nSPS) is 49.0. The lowest BCUT2D eigenvalue weighted by molar-refractivity contribution is -0.0789. The minimum Gasteiger partial charge on any atom is -0.378 e. The summed E-state index contributed by atoms with van der Waals surface area (Å²) in [6, 6.07) is 0. The average Bonchev–Trinajstić information content (AvgIpc) is 3.40. The fourth-order valence-corrected chi connectivity index (χ4v) is 8.42. The highest BCUT2D eigenvalue weighted by atomic mass is 16.5. The molecule has 0 aromatic carbocycles. The molecule has 7 aliphatic carbocycles. The van der Waals surface area contributed by atoms with Crippen LogP contribution in [0.15, 0.2) is 12.2 Å². The van der Waals surface area contributed by atoms with Crippen molar-refractivity contribution in [3.63, 3.8) is 0 Å². The summed E-state index contributed by atoms with van der Waals surface area (Å²) in [6.07, 6.45) is 24.9. The summed E-state index contributed by atoms with van der Waals surface area (Å²) in [4.78, 5) is 0. The highest BCUT2D eigenvalue weighted by Gasteiger charge is 2.51. The number of fused-ring (bicyclic) bond motifs is 4. The largest absolute Gasteiger partial charge is 0.378 e. The number of allylic oxidation sites excluding steroid dienone is 2. The maximum Gasteiger partial charge on any atom is 0.0578 e. The molecule has 1 aliphatic heterocycles. The van der Waals surface area contributed by atoms with Crippen molar-refractivity contribution in [1.82, 2.24) is 0 Å². The van der Waals surface area contributed by atoms with Crippen molar-refractivity contribution in [3.8, 4) is 0 Å². The molecule has 0 aromatic rings. The van der Waals surface area contributed by atoms with Gasteiger partial charge in [-0.3, -0.25) is 0 Å². The van der Waals surface area contributed by atoms with E-state index in [4.69, 9.17) is 4.74 Å². The van der Waals surface area contributed by atoms with Crippen LogP contribution in [0.4, 0.5) is 0 Å². The molecule has 158 valence electrons. The maximum atomic E-state index is 5.48. The third-order valence-corrected chi connectivity index (χ3v) is 9.78. The molecule has 4 atom stereocenters. The maximum absolute atomic E-state index is 5.48. The average molecular weight is 385 g/mol. The topological polar surface area (TPSA) is 9.23 Å². The van der Waals surface area contributed by atoms with Gasteiger partial charge in [-0.15, -0.1) is 0 Å². The fourth-order valence-electron chi connectivity index (χ4n) is 8.42. The summed E-state index contributed by atoms with van der Waals surface area (Å²) in [6.45, 7) is 5.99. The lowest BCUT2D eigenvalue weighted by Crippen LogP contribution is -2.48. The summed E-state index contributed by atoms with van der Waals surface area (Å²) in [5, 5.41) is 0. The molecule has 0 N–H and O–H groups in total. The molecule has 0 radical (unpaired) electrons. The predicted molar refractivity (Wildman–Crippen MR) is 117 cm³/mol. The number of rotatable bonds is 1. The van der Waals surface area contributed by atoms with E-state index in [1.807, 2.05) is 0 Å². The van der Waals surface area contributed by atoms with Crippen molar-refractivity contribution < 1.29 is 4.74 Å². The Morgan fingerprint density at radius 1 is 0.714 bits per heavy atom. The van der Waals surface area contributed by atoms with Crippen LogP contribution in [0.1, 0.15) is 97.3 Å². The third kappa shape index (κ3) is 4.12. The smallest absolute Gasteiger partial charge is 0.0578 e. The van der Waals surface area contributed by atoms with E-state index in [9.17, 15) is 0 Å². The fraction of sp³-hybridized carbons (Fsp3) is 0.926. The molecular weight excluding hydrogens is 340 g/mol. The Labute approximate surface area is 174 Å². The molecule has 7 fully saturated rings. The number of hydrogen-bond acceptors (Lipinski definition) is 1. The Balaban J connectivity index is 0.0000000977. The van der Waals surface area contributed by atoms with Crippen molar-refractivity contribution in [2.24, 2.45) is 46.8 Å². The zero-order valence-electron chi connectivity index (χ0n) is 18.6. The van der Waals surface area contributed by atoms with Gasteiger partial charge < -0.3 is 4.74 Å². The van der Waals surface area contributed by atoms with Crippen molar-refractivity contribution >= 4 is 0 Å². The van der Waals surface area contributed by atoms with Gasteiger partial charge in [0.15, 0.2) is 0 Å². The zero-order chi connectivity index (χ0) is 19.1. The minimum absolute atomic E-state index is 0.661. The SMILES string of the molecule is C1=CC2CCC1C2.C1CC2COC(C1)C2.CC(C)C12CC3CC(CC(C3)C1)C2. The third-order valence-electron chi connectivity index (χ3n) is 9.78. The molecule has 8 bridgehead atoms. The van der Waals surface area contributed by atoms with Crippen molar-refractivity contribution in [3.05, 3.63) is 12.2 Å². The minimum atomic E-state index is 0.661. The molecule has 0 spiro atoms. The van der Waals surface area contributed by atoms with Crippen molar-refractivity contribution in [2.75, 3.05) is 6.61 Å². The monoisotopic (exact) mass is 384 g/mol. The van der Waals surface area contributed by atoms with Crippen LogP contribution >= 0.6 is 0 Å². The van der Waals surface area contributed by atoms with Gasteiger partial charge in [0.05, 0.1) is 6.10 Å². The van der Waals surface area contributed by atoms with E-state index in [1.165, 1.54) is 44.9 Å². The summed E-state index contributed by atoms with van der Waals surface area (Å²) in [5.41, 5.74) is 0.800. The first-order valence-electron chi connectivity index (χ1n) is 12.9. The highest BCUT2D eigenvalue weighted by molar-refractivity contribution is 5.06. The highest BCUT2D eigenvalue weighted by Crippen LogP contribution is 2.62. The van der Waals surface area contributed by atoms with Crippen LogP contribution < -0.4 is 0 Å². The molecule has 28 heavy (non-hydrogen) atoms. The van der Waals surface area contributed by atoms with Gasteiger partial charge in [-0.1, -0.05) is 32.4 Å². The Hall–Kier alpha value is -0.300. The molecule has 8 rings (SSSR count). The molecule has 1 heterocycles. The van der Waals surface area contributed by atoms with Crippen LogP contribution in [0.5, 0.6) is 0 Å². The first-order valence-corrected chi connectivity index (χ1v) is 12.9. The second-order valence-electron chi connectivity index (χ2n) is 12.1. The molecule has 8 aliphatic rings. The number of ether oxygens (including phenoxy) is 1. The second kappa shape index (κ2) is 8.09. The van der Waals surface area contributed by atoms with Crippen molar-refractivity contribution in [1.29, 1.82) is 0 Å². The molecule has 1 nitrogen and oxygen atoms in total. The van der Waals surface area contributed by atoms with E-state index in [1.54, 1.807) is 38.5 Å². The van der Waals surface area contributed by atoms with Gasteiger partial charge in [-0.2, -0.15) is 0 Å². The Bertz CT molecular complexity index is 499. The van der Waals surface area contributed by atoms with Gasteiger partial charge in [0.25, 0.3) is 0 Å². The standard InChI is InChI=1S/C13H22.C7H12O.C7H10/c1-9(2)13-6-10-3-11(7-13)5-12(4-10)8-13;1-2-6-4-7(3-1)8-5-6;1-2-7-4-3-6(1)5-7/h9-12H,3-8H2,1-2H3;6-7H,1-5H2;1-2,6-7H,3-5H2. The van der Waals surface area contributed by atoms with Gasteiger partial charge >= 0.3 is 0 Å². The van der Waals surface area contributed by atoms with Crippen LogP contribution in [-0.4, -0.2) is 12.7 Å². The van der Waals surface area contributed by atoms with E-state index < -0.39 is 0 Å². The first-order chi connectivity index (χ1) is 13.6. The molecule has 4 unspecified atom stereocenters. The van der Waals surface area contributed by atoms with E-state index in [0.717, 1.165) is 53.4 Å². The van der Waals surface area contributed by atoms with E-state index in [0.29, 0.717) is 6.10 Å². The van der Waals surface area contributed by atoms with Gasteiger partial charge in [0, 0.05) is 6.61 Å². The second-order valence-corrected chi connectivity index (χ2v) is 12.1. The van der Waals surface area contributed by atoms with E-state index in [-0.39, 0.29) is 0 Å². The molecule has 6 saturated carbocycles. The van der Waals surface area contributed by atoms with Gasteiger partial charge in [-0.25, -0.2) is 0 Å². The van der Waals surface area contributed by atoms with Crippen LogP contribution in [0.2, 0.25) is 0 Å². The summed E-state index contributed by atoms with van der Waals surface area (Å²) in [7, 11) is 0. The van der Waals surface area contributed by atoms with Gasteiger partial charge in [-0.05, 0) is 124 Å². The zero-order valence-corrected chi connectivity index (χ0v) is 18.6. The summed E-state index contributed by atoms with van der Waals surface area (Å²) in [5.74, 6) is 7.26. The molecule has 0 amide bonds. The van der Waals surface area contributed by atoms with Gasteiger partial charge in [0.1, 0.15) is 0 Å². The Morgan fingerprint density at radius 2 is 1.32 bits per heavy atom. The Kier molecular flexibility index (Phi) is 5.68. The van der Waals surface area contributed by atoms with Crippen LogP contribution in [-0.2, 0) is 4.74 Å². The molecule has 1 heteroatoms. The summed E-state index contributed by atoms with van der Waals surface area (Å²) >= 11 is 0. The van der Waals surface area contributed by atoms with Crippen LogP contribution in [0.3, 0.4) is 0 Å². The predicted octanol–water partition coefficient (Wildman–Crippen LogP) is 7.41. The molecule has 1 saturated heterocycles. The number of hydrogen-bond donors (Lipinski definition) is 0. The first kappa shape index (κ1) is 19.7. The van der Waals surface area contributed by atoms with Gasteiger partial charge in [0.2, 0.25) is 0 Å². The molecule has 0 aromatic heterocycles. The lowest BCUT2D eigenvalue weighted by atomic mass is 9.47. The Morgan fingerprint density at radius 3 is 1.71 bits per heavy atom. The molecular formula is C27H44O. The van der Waals surface area contributed by atoms with E-state index >= 15 is 0 Å². The lowest BCUT2D eigenvalue weighted by Gasteiger charge is -2.58. The van der Waals surface area contributed by atoms with E-state index in [2.05, 4.69) is 26.0 Å². The van der Waals surface area contributed by atoms with Crippen molar-refractivity contribution in [2.45, 2.75) is 103 Å².